The van der Waals surface area contributed by atoms with E-state index in [4.69, 9.17) is 0 Å². The minimum Gasteiger partial charge on any atom is -0.481 e. The maximum atomic E-state index is 12.5. The van der Waals surface area contributed by atoms with Crippen molar-refractivity contribution in [3.8, 4) is 0 Å². The molecule has 1 N–H and O–H groups in total. The van der Waals surface area contributed by atoms with Crippen molar-refractivity contribution in [3.63, 3.8) is 0 Å². The van der Waals surface area contributed by atoms with E-state index in [1.807, 2.05) is 21.9 Å². The molecule has 0 aromatic carbocycles. The van der Waals surface area contributed by atoms with Gasteiger partial charge in [-0.05, 0) is 43.7 Å². The van der Waals surface area contributed by atoms with E-state index in [1.165, 1.54) is 0 Å². The largest absolute Gasteiger partial charge is 0.481 e. The average molecular weight is 331 g/mol. The molecular formula is C18H25N3O3. The van der Waals surface area contributed by atoms with Crippen LogP contribution in [-0.2, 0) is 4.79 Å². The Hall–Kier alpha value is -2.11. The number of hydrogen-bond donors (Lipinski definition) is 1. The Kier molecular flexibility index (Phi) is 5.02. The number of amides is 1. The van der Waals surface area contributed by atoms with Crippen LogP contribution < -0.4 is 4.90 Å². The van der Waals surface area contributed by atoms with Gasteiger partial charge in [-0.3, -0.25) is 9.59 Å². The molecule has 0 spiro atoms. The highest BCUT2D eigenvalue weighted by molar-refractivity contribution is 5.94. The third-order valence-electron chi connectivity index (χ3n) is 5.16. The number of carboxylic acids is 1. The first-order valence-corrected chi connectivity index (χ1v) is 8.77. The van der Waals surface area contributed by atoms with Gasteiger partial charge >= 0.3 is 5.97 Å². The molecule has 130 valence electrons. The number of aromatic nitrogens is 1. The predicted molar refractivity (Wildman–Crippen MR) is 91.1 cm³/mol. The van der Waals surface area contributed by atoms with Gasteiger partial charge in [0.05, 0.1) is 11.5 Å². The number of piperidine rings is 2. The summed E-state index contributed by atoms with van der Waals surface area (Å²) in [6.45, 7) is 5.15. The maximum Gasteiger partial charge on any atom is 0.308 e. The Labute approximate surface area is 142 Å². The van der Waals surface area contributed by atoms with Gasteiger partial charge in [-0.1, -0.05) is 6.92 Å². The van der Waals surface area contributed by atoms with Crippen LogP contribution in [0.25, 0.3) is 0 Å². The van der Waals surface area contributed by atoms with E-state index in [0.717, 1.165) is 51.1 Å². The summed E-state index contributed by atoms with van der Waals surface area (Å²) in [7, 11) is 0. The molecule has 0 aliphatic carbocycles. The van der Waals surface area contributed by atoms with Gasteiger partial charge in [0.2, 0.25) is 0 Å². The van der Waals surface area contributed by atoms with Crippen LogP contribution in [0.2, 0.25) is 0 Å². The predicted octanol–water partition coefficient (Wildman–Crippen LogP) is 2.25. The van der Waals surface area contributed by atoms with Gasteiger partial charge in [-0.2, -0.15) is 0 Å². The summed E-state index contributed by atoms with van der Waals surface area (Å²) in [6, 6.07) is 3.65. The molecule has 2 saturated heterocycles. The van der Waals surface area contributed by atoms with Gasteiger partial charge in [0.15, 0.2) is 0 Å². The number of carbonyl (C=O) groups excluding carboxylic acids is 1. The van der Waals surface area contributed by atoms with Crippen molar-refractivity contribution in [2.24, 2.45) is 11.8 Å². The quantitative estimate of drug-likeness (QED) is 0.919. The zero-order chi connectivity index (χ0) is 17.1. The second-order valence-electron chi connectivity index (χ2n) is 7.00. The zero-order valence-electron chi connectivity index (χ0n) is 14.1. The summed E-state index contributed by atoms with van der Waals surface area (Å²) in [5, 5.41) is 9.19. The summed E-state index contributed by atoms with van der Waals surface area (Å²) in [5.74, 6) is 0.409. The molecule has 3 heterocycles. The van der Waals surface area contributed by atoms with Crippen molar-refractivity contribution >= 4 is 17.7 Å². The SMILES string of the molecule is CC1CCN(C(=O)c2ccc(N3CCCC(C(=O)O)C3)nc2)CC1. The number of carbonyl (C=O) groups is 2. The fourth-order valence-corrected chi connectivity index (χ4v) is 3.48. The summed E-state index contributed by atoms with van der Waals surface area (Å²) < 4.78 is 0. The molecule has 1 amide bonds. The van der Waals surface area contributed by atoms with Crippen molar-refractivity contribution < 1.29 is 14.7 Å². The number of anilines is 1. The van der Waals surface area contributed by atoms with Gasteiger partial charge in [0.25, 0.3) is 5.91 Å². The summed E-state index contributed by atoms with van der Waals surface area (Å²) in [6.07, 6.45) is 5.31. The number of nitrogens with zero attached hydrogens (tertiary/aromatic N) is 3. The second-order valence-corrected chi connectivity index (χ2v) is 7.00. The van der Waals surface area contributed by atoms with Crippen LogP contribution in [0.15, 0.2) is 18.3 Å². The van der Waals surface area contributed by atoms with E-state index < -0.39 is 5.97 Å². The van der Waals surface area contributed by atoms with Crippen molar-refractivity contribution in [2.75, 3.05) is 31.1 Å². The molecule has 6 nitrogen and oxygen atoms in total. The lowest BCUT2D eigenvalue weighted by Gasteiger charge is -2.32. The van der Waals surface area contributed by atoms with Crippen molar-refractivity contribution in [3.05, 3.63) is 23.9 Å². The van der Waals surface area contributed by atoms with Crippen LogP contribution in [0, 0.1) is 11.8 Å². The Balaban J connectivity index is 1.64. The molecule has 2 aliphatic rings. The zero-order valence-corrected chi connectivity index (χ0v) is 14.1. The summed E-state index contributed by atoms with van der Waals surface area (Å²) in [5.41, 5.74) is 0.611. The van der Waals surface area contributed by atoms with E-state index in [9.17, 15) is 14.7 Å². The molecule has 24 heavy (non-hydrogen) atoms. The molecule has 2 fully saturated rings. The van der Waals surface area contributed by atoms with Crippen LogP contribution in [0.3, 0.4) is 0 Å². The molecule has 0 saturated carbocycles. The monoisotopic (exact) mass is 331 g/mol. The molecule has 2 aliphatic heterocycles. The van der Waals surface area contributed by atoms with Gasteiger partial charge in [0.1, 0.15) is 5.82 Å². The van der Waals surface area contributed by atoms with E-state index in [2.05, 4.69) is 11.9 Å². The minimum absolute atomic E-state index is 0.0445. The lowest BCUT2D eigenvalue weighted by molar-refractivity contribution is -0.141. The molecular weight excluding hydrogens is 306 g/mol. The number of hydrogen-bond acceptors (Lipinski definition) is 4. The standard InChI is InChI=1S/C18H25N3O3/c1-13-6-9-20(10-7-13)17(22)14-4-5-16(19-11-14)21-8-2-3-15(12-21)18(23)24/h4-5,11,13,15H,2-3,6-10,12H2,1H3,(H,23,24). The Morgan fingerprint density at radius 1 is 1.17 bits per heavy atom. The van der Waals surface area contributed by atoms with Gasteiger partial charge in [0, 0.05) is 32.4 Å². The first-order valence-electron chi connectivity index (χ1n) is 8.77. The highest BCUT2D eigenvalue weighted by Gasteiger charge is 2.26. The van der Waals surface area contributed by atoms with Gasteiger partial charge in [-0.15, -0.1) is 0 Å². The van der Waals surface area contributed by atoms with Crippen molar-refractivity contribution in [1.82, 2.24) is 9.88 Å². The molecule has 1 aromatic rings. The Morgan fingerprint density at radius 3 is 2.54 bits per heavy atom. The van der Waals surface area contributed by atoms with E-state index >= 15 is 0 Å². The maximum absolute atomic E-state index is 12.5. The van der Waals surface area contributed by atoms with Crippen LogP contribution in [0.5, 0.6) is 0 Å². The molecule has 1 aromatic heterocycles. The van der Waals surface area contributed by atoms with Crippen LogP contribution >= 0.6 is 0 Å². The second kappa shape index (κ2) is 7.20. The first-order chi connectivity index (χ1) is 11.5. The van der Waals surface area contributed by atoms with Crippen molar-refractivity contribution in [2.45, 2.75) is 32.6 Å². The third-order valence-corrected chi connectivity index (χ3v) is 5.16. The van der Waals surface area contributed by atoms with Crippen LogP contribution in [-0.4, -0.2) is 53.0 Å². The third kappa shape index (κ3) is 3.68. The first kappa shape index (κ1) is 16.7. The van der Waals surface area contributed by atoms with E-state index in [-0.39, 0.29) is 11.8 Å². The number of carboxylic acid groups (broad SMARTS) is 1. The Morgan fingerprint density at radius 2 is 1.92 bits per heavy atom. The molecule has 6 heteroatoms. The highest BCUT2D eigenvalue weighted by Crippen LogP contribution is 2.23. The molecule has 1 atom stereocenters. The molecule has 1 unspecified atom stereocenters. The number of likely N-dealkylation sites (tertiary alicyclic amines) is 1. The van der Waals surface area contributed by atoms with Gasteiger partial charge in [-0.25, -0.2) is 4.98 Å². The van der Waals surface area contributed by atoms with Crippen LogP contribution in [0.1, 0.15) is 43.0 Å². The van der Waals surface area contributed by atoms with Crippen LogP contribution in [0.4, 0.5) is 5.82 Å². The highest BCUT2D eigenvalue weighted by atomic mass is 16.4. The lowest BCUT2D eigenvalue weighted by Crippen LogP contribution is -2.39. The van der Waals surface area contributed by atoms with E-state index in [0.29, 0.717) is 18.0 Å². The molecule has 3 rings (SSSR count). The number of rotatable bonds is 3. The fourth-order valence-electron chi connectivity index (χ4n) is 3.48. The molecule has 0 radical (unpaired) electrons. The summed E-state index contributed by atoms with van der Waals surface area (Å²) in [4.78, 5) is 32.0. The number of aliphatic carboxylic acids is 1. The molecule has 0 bridgehead atoms. The smallest absolute Gasteiger partial charge is 0.308 e. The minimum atomic E-state index is -0.745. The van der Waals surface area contributed by atoms with E-state index in [1.54, 1.807) is 6.20 Å². The lowest BCUT2D eigenvalue weighted by atomic mass is 9.98. The van der Waals surface area contributed by atoms with Gasteiger partial charge < -0.3 is 14.9 Å². The topological polar surface area (TPSA) is 73.7 Å². The Bertz CT molecular complexity index is 594. The summed E-state index contributed by atoms with van der Waals surface area (Å²) >= 11 is 0. The average Bonchev–Trinajstić information content (AvgIpc) is 2.62. The van der Waals surface area contributed by atoms with Crippen molar-refractivity contribution in [1.29, 1.82) is 0 Å². The normalized spacial score (nSPS) is 22.5. The number of pyridine rings is 1. The fraction of sp³-hybridized carbons (Fsp3) is 0.611.